The second-order valence-corrected chi connectivity index (χ2v) is 5.57. The summed E-state index contributed by atoms with van der Waals surface area (Å²) in [5.74, 6) is 1.47. The van der Waals surface area contributed by atoms with Crippen LogP contribution in [0, 0.1) is 0 Å². The molecule has 6 nitrogen and oxygen atoms in total. The maximum absolute atomic E-state index is 12.1. The van der Waals surface area contributed by atoms with E-state index in [2.05, 4.69) is 26.5 Å². The summed E-state index contributed by atoms with van der Waals surface area (Å²) < 4.78 is 16.5. The van der Waals surface area contributed by atoms with Crippen molar-refractivity contribution in [3.05, 3.63) is 52.0 Å². The molecule has 0 bridgehead atoms. The predicted molar refractivity (Wildman–Crippen MR) is 88.3 cm³/mol. The highest BCUT2D eigenvalue weighted by molar-refractivity contribution is 9.10. The van der Waals surface area contributed by atoms with Crippen LogP contribution >= 0.6 is 15.9 Å². The molecule has 0 atom stereocenters. The number of methoxy groups -OCH3 is 1. The molecule has 0 fully saturated rings. The Labute approximate surface area is 141 Å². The zero-order valence-electron chi connectivity index (χ0n) is 12.2. The zero-order chi connectivity index (χ0) is 16.2. The monoisotopic (exact) mass is 376 g/mol. The van der Waals surface area contributed by atoms with E-state index in [0.29, 0.717) is 22.8 Å². The fourth-order valence-corrected chi connectivity index (χ4v) is 2.41. The third-order valence-electron chi connectivity index (χ3n) is 3.18. The summed E-state index contributed by atoms with van der Waals surface area (Å²) in [5, 5.41) is 3.95. The molecule has 1 amide bonds. The van der Waals surface area contributed by atoms with Crippen molar-refractivity contribution in [3.8, 4) is 17.2 Å². The molecule has 0 saturated heterocycles. The van der Waals surface area contributed by atoms with E-state index in [-0.39, 0.29) is 12.7 Å². The van der Waals surface area contributed by atoms with E-state index in [1.54, 1.807) is 30.3 Å². The van der Waals surface area contributed by atoms with Crippen molar-refractivity contribution in [1.29, 1.82) is 0 Å². The van der Waals surface area contributed by atoms with Crippen LogP contribution in [0.4, 0.5) is 0 Å². The predicted octanol–water partition coefficient (Wildman–Crippen LogP) is 2.95. The number of ether oxygens (including phenoxy) is 3. The lowest BCUT2D eigenvalue weighted by molar-refractivity contribution is 0.0952. The van der Waals surface area contributed by atoms with Gasteiger partial charge in [-0.25, -0.2) is 5.43 Å². The molecule has 3 rings (SSSR count). The Hall–Kier alpha value is -2.54. The van der Waals surface area contributed by atoms with Gasteiger partial charge < -0.3 is 14.2 Å². The summed E-state index contributed by atoms with van der Waals surface area (Å²) in [4.78, 5) is 12.1. The van der Waals surface area contributed by atoms with Crippen LogP contribution in [0.25, 0.3) is 0 Å². The molecule has 1 aliphatic rings. The highest BCUT2D eigenvalue weighted by Gasteiger charge is 2.13. The molecule has 1 heterocycles. The number of hydrogen-bond donors (Lipinski definition) is 1. The van der Waals surface area contributed by atoms with E-state index in [0.717, 1.165) is 10.0 Å². The van der Waals surface area contributed by atoms with Crippen molar-refractivity contribution < 1.29 is 19.0 Å². The number of amides is 1. The smallest absolute Gasteiger partial charge is 0.275 e. The number of fused-ring (bicyclic) bond motifs is 1. The van der Waals surface area contributed by atoms with Crippen molar-refractivity contribution in [3.63, 3.8) is 0 Å². The summed E-state index contributed by atoms with van der Waals surface area (Å²) in [6.07, 6.45) is 1.53. The molecule has 0 aliphatic carbocycles. The molecule has 2 aromatic carbocycles. The molecule has 118 valence electrons. The maximum Gasteiger partial charge on any atom is 0.275 e. The topological polar surface area (TPSA) is 69.2 Å². The van der Waals surface area contributed by atoms with Gasteiger partial charge in [0.15, 0.2) is 11.5 Å². The fraction of sp³-hybridized carbons (Fsp3) is 0.125. The number of benzene rings is 2. The molecule has 0 aromatic heterocycles. The van der Waals surface area contributed by atoms with Gasteiger partial charge >= 0.3 is 0 Å². The fourth-order valence-electron chi connectivity index (χ4n) is 2.07. The van der Waals surface area contributed by atoms with Crippen LogP contribution in [-0.2, 0) is 0 Å². The Bertz CT molecular complexity index is 777. The van der Waals surface area contributed by atoms with Crippen molar-refractivity contribution in [2.75, 3.05) is 13.9 Å². The first kappa shape index (κ1) is 15.4. The van der Waals surface area contributed by atoms with Crippen LogP contribution in [0.1, 0.15) is 15.9 Å². The van der Waals surface area contributed by atoms with Crippen LogP contribution in [0.3, 0.4) is 0 Å². The number of nitrogens with one attached hydrogen (secondary N) is 1. The molecule has 0 spiro atoms. The molecule has 23 heavy (non-hydrogen) atoms. The van der Waals surface area contributed by atoms with Gasteiger partial charge in [-0.05, 0) is 42.0 Å². The molecular formula is C16H13BrN2O4. The lowest BCUT2D eigenvalue weighted by Crippen LogP contribution is -2.18. The maximum atomic E-state index is 12.1. The van der Waals surface area contributed by atoms with E-state index < -0.39 is 0 Å². The third-order valence-corrected chi connectivity index (χ3v) is 3.68. The van der Waals surface area contributed by atoms with E-state index in [1.165, 1.54) is 13.3 Å². The standard InChI is InChI=1S/C16H13BrN2O4/c1-21-14-7-11(17)3-4-12(14)16(20)19-18-8-10-2-5-13-15(6-10)23-9-22-13/h2-8H,9H2,1H3,(H,19,20). The molecule has 7 heteroatoms. The molecule has 2 aromatic rings. The first-order valence-corrected chi connectivity index (χ1v) is 7.53. The van der Waals surface area contributed by atoms with Gasteiger partial charge in [0.25, 0.3) is 5.91 Å². The van der Waals surface area contributed by atoms with Gasteiger partial charge in [0, 0.05) is 4.47 Å². The van der Waals surface area contributed by atoms with Gasteiger partial charge in [0.2, 0.25) is 6.79 Å². The lowest BCUT2D eigenvalue weighted by Gasteiger charge is -2.07. The summed E-state index contributed by atoms with van der Waals surface area (Å²) in [6.45, 7) is 0.218. The Morgan fingerprint density at radius 1 is 1.26 bits per heavy atom. The number of hydrazone groups is 1. The molecule has 0 saturated carbocycles. The zero-order valence-corrected chi connectivity index (χ0v) is 13.8. The number of hydrogen-bond acceptors (Lipinski definition) is 5. The largest absolute Gasteiger partial charge is 0.496 e. The molecular weight excluding hydrogens is 364 g/mol. The van der Waals surface area contributed by atoms with Crippen molar-refractivity contribution >= 4 is 28.1 Å². The number of nitrogens with zero attached hydrogens (tertiary/aromatic N) is 1. The first-order chi connectivity index (χ1) is 11.2. The van der Waals surface area contributed by atoms with Gasteiger partial charge in [0.05, 0.1) is 18.9 Å². The highest BCUT2D eigenvalue weighted by atomic mass is 79.9. The minimum atomic E-state index is -0.355. The van der Waals surface area contributed by atoms with Gasteiger partial charge in [0.1, 0.15) is 5.75 Å². The van der Waals surface area contributed by atoms with Gasteiger partial charge in [-0.1, -0.05) is 15.9 Å². The Balaban J connectivity index is 1.69. The SMILES string of the molecule is COc1cc(Br)ccc1C(=O)NN=Cc1ccc2c(c1)OCO2. The lowest BCUT2D eigenvalue weighted by atomic mass is 10.2. The highest BCUT2D eigenvalue weighted by Crippen LogP contribution is 2.32. The minimum absolute atomic E-state index is 0.218. The Morgan fingerprint density at radius 2 is 2.09 bits per heavy atom. The molecule has 0 unspecified atom stereocenters. The van der Waals surface area contributed by atoms with Gasteiger partial charge in [-0.15, -0.1) is 0 Å². The van der Waals surface area contributed by atoms with E-state index in [9.17, 15) is 4.79 Å². The van der Waals surface area contributed by atoms with E-state index >= 15 is 0 Å². The summed E-state index contributed by atoms with van der Waals surface area (Å²) in [6, 6.07) is 10.6. The Kier molecular flexibility index (Phi) is 4.47. The van der Waals surface area contributed by atoms with Crippen LogP contribution < -0.4 is 19.6 Å². The van der Waals surface area contributed by atoms with Crippen molar-refractivity contribution in [1.82, 2.24) is 5.43 Å². The third kappa shape index (κ3) is 3.45. The molecule has 0 radical (unpaired) electrons. The number of rotatable bonds is 4. The van der Waals surface area contributed by atoms with E-state index in [4.69, 9.17) is 14.2 Å². The summed E-state index contributed by atoms with van der Waals surface area (Å²) in [5.41, 5.74) is 3.66. The van der Waals surface area contributed by atoms with Crippen LogP contribution in [0.5, 0.6) is 17.2 Å². The van der Waals surface area contributed by atoms with Crippen molar-refractivity contribution in [2.45, 2.75) is 0 Å². The summed E-state index contributed by atoms with van der Waals surface area (Å²) >= 11 is 3.33. The second-order valence-electron chi connectivity index (χ2n) is 4.66. The second kappa shape index (κ2) is 6.70. The van der Waals surface area contributed by atoms with Gasteiger partial charge in [-0.3, -0.25) is 4.79 Å². The number of halogens is 1. The normalized spacial score (nSPS) is 12.4. The average molecular weight is 377 g/mol. The van der Waals surface area contributed by atoms with Crippen LogP contribution in [-0.4, -0.2) is 26.0 Å². The van der Waals surface area contributed by atoms with Crippen molar-refractivity contribution in [2.24, 2.45) is 5.10 Å². The number of carbonyl (C=O) groups excluding carboxylic acids is 1. The number of carbonyl (C=O) groups is 1. The van der Waals surface area contributed by atoms with Crippen LogP contribution in [0.2, 0.25) is 0 Å². The molecule has 1 aliphatic heterocycles. The summed E-state index contributed by atoms with van der Waals surface area (Å²) in [7, 11) is 1.51. The average Bonchev–Trinajstić information content (AvgIpc) is 3.02. The quantitative estimate of drug-likeness (QED) is 0.657. The Morgan fingerprint density at radius 3 is 2.91 bits per heavy atom. The first-order valence-electron chi connectivity index (χ1n) is 6.74. The molecule has 1 N–H and O–H groups in total. The van der Waals surface area contributed by atoms with Crippen LogP contribution in [0.15, 0.2) is 46.0 Å². The van der Waals surface area contributed by atoms with Gasteiger partial charge in [-0.2, -0.15) is 5.10 Å². The van der Waals surface area contributed by atoms with E-state index in [1.807, 2.05) is 6.07 Å². The minimum Gasteiger partial charge on any atom is -0.496 e.